The zero-order valence-corrected chi connectivity index (χ0v) is 23.8. The minimum atomic E-state index is -1.02. The van der Waals surface area contributed by atoms with Gasteiger partial charge >= 0.3 is 5.97 Å². The molecule has 0 aromatic carbocycles. The summed E-state index contributed by atoms with van der Waals surface area (Å²) in [6, 6.07) is 7.33. The molecule has 0 spiro atoms. The van der Waals surface area contributed by atoms with Crippen molar-refractivity contribution in [2.45, 2.75) is 85.3 Å². The van der Waals surface area contributed by atoms with Crippen LogP contribution in [0.4, 0.5) is 5.69 Å². The Labute approximate surface area is 230 Å². The maximum absolute atomic E-state index is 14.2. The van der Waals surface area contributed by atoms with Crippen LogP contribution in [0.15, 0.2) is 42.1 Å². The minimum absolute atomic E-state index is 0.0194. The Bertz CT molecular complexity index is 1240. The lowest BCUT2D eigenvalue weighted by molar-refractivity contribution is -0.124. The molecule has 4 rings (SSSR count). The molecule has 0 radical (unpaired) electrons. The number of pyridine rings is 1. The molecule has 202 valence electrons. The van der Waals surface area contributed by atoms with Crippen LogP contribution >= 0.6 is 11.3 Å². The molecule has 7 heteroatoms. The number of allylic oxidation sites excluding steroid dienone is 2. The van der Waals surface area contributed by atoms with Gasteiger partial charge in [0.25, 0.3) is 0 Å². The third-order valence-corrected chi connectivity index (χ3v) is 8.29. The van der Waals surface area contributed by atoms with E-state index in [-0.39, 0.29) is 40.2 Å². The molecule has 6 nitrogen and oxygen atoms in total. The van der Waals surface area contributed by atoms with E-state index in [1.54, 1.807) is 6.20 Å². The lowest BCUT2D eigenvalue weighted by atomic mass is 9.79. The first-order chi connectivity index (χ1) is 18.0. The summed E-state index contributed by atoms with van der Waals surface area (Å²) < 4.78 is 6.09. The molecule has 38 heavy (non-hydrogen) atoms. The van der Waals surface area contributed by atoms with Crippen LogP contribution in [0.25, 0.3) is 0 Å². The van der Waals surface area contributed by atoms with E-state index >= 15 is 0 Å². The summed E-state index contributed by atoms with van der Waals surface area (Å²) in [7, 11) is 0. The lowest BCUT2D eigenvalue weighted by Crippen LogP contribution is -2.48. The second-order valence-corrected chi connectivity index (χ2v) is 12.7. The number of aromatic carboxylic acids is 1. The molecule has 1 amide bonds. The number of carboxylic acids is 1. The van der Waals surface area contributed by atoms with Crippen LogP contribution < -0.4 is 9.64 Å². The molecule has 0 aliphatic heterocycles. The normalized spacial score (nSPS) is 23.6. The molecule has 0 saturated heterocycles. The van der Waals surface area contributed by atoms with Gasteiger partial charge in [-0.3, -0.25) is 4.79 Å². The van der Waals surface area contributed by atoms with Gasteiger partial charge in [0.15, 0.2) is 0 Å². The van der Waals surface area contributed by atoms with Gasteiger partial charge in [0.1, 0.15) is 11.0 Å². The first-order valence-corrected chi connectivity index (χ1v) is 14.3. The third-order valence-electron chi connectivity index (χ3n) is 7.27. The summed E-state index contributed by atoms with van der Waals surface area (Å²) in [5, 5.41) is 10.1. The van der Waals surface area contributed by atoms with Crippen LogP contribution in [0.2, 0.25) is 0 Å². The van der Waals surface area contributed by atoms with Gasteiger partial charge < -0.3 is 14.7 Å². The Kier molecular flexibility index (Phi) is 8.62. The van der Waals surface area contributed by atoms with Crippen LogP contribution in [0.3, 0.4) is 0 Å². The first kappa shape index (κ1) is 27.9. The summed E-state index contributed by atoms with van der Waals surface area (Å²) in [4.78, 5) is 33.5. The van der Waals surface area contributed by atoms with Crippen LogP contribution in [0.1, 0.15) is 87.7 Å². The number of nitrogens with zero attached hydrogens (tertiary/aromatic N) is 2. The Morgan fingerprint density at radius 2 is 1.92 bits per heavy atom. The molecule has 2 aliphatic rings. The third kappa shape index (κ3) is 6.85. The Morgan fingerprint density at radius 3 is 2.53 bits per heavy atom. The number of hydrogen-bond acceptors (Lipinski definition) is 5. The zero-order chi connectivity index (χ0) is 27.4. The van der Waals surface area contributed by atoms with Crippen molar-refractivity contribution in [1.29, 1.82) is 0 Å². The predicted octanol–water partition coefficient (Wildman–Crippen LogP) is 6.95. The van der Waals surface area contributed by atoms with Gasteiger partial charge in [-0.2, -0.15) is 0 Å². The molecule has 2 aromatic rings. The molecule has 2 aromatic heterocycles. The fraction of sp³-hybridized carbons (Fsp3) is 0.516. The van der Waals surface area contributed by atoms with Crippen molar-refractivity contribution < 1.29 is 19.4 Å². The van der Waals surface area contributed by atoms with Gasteiger partial charge in [-0.1, -0.05) is 36.5 Å². The number of carboxylic acid groups (broad SMARTS) is 1. The summed E-state index contributed by atoms with van der Waals surface area (Å²) in [6.45, 7) is 10.3. The predicted molar refractivity (Wildman–Crippen MR) is 152 cm³/mol. The minimum Gasteiger partial charge on any atom is -0.477 e. The molecule has 0 bridgehead atoms. The molecule has 1 fully saturated rings. The first-order valence-electron chi connectivity index (χ1n) is 13.5. The molecule has 1 saturated carbocycles. The fourth-order valence-corrected chi connectivity index (χ4v) is 6.19. The Morgan fingerprint density at radius 1 is 1.18 bits per heavy atom. The van der Waals surface area contributed by atoms with Crippen molar-refractivity contribution in [3.63, 3.8) is 0 Å². The monoisotopic (exact) mass is 534 g/mol. The number of amides is 1. The van der Waals surface area contributed by atoms with Crippen molar-refractivity contribution >= 4 is 28.9 Å². The summed E-state index contributed by atoms with van der Waals surface area (Å²) in [5.41, 5.74) is 1.58. The highest BCUT2D eigenvalue weighted by atomic mass is 32.1. The van der Waals surface area contributed by atoms with Crippen molar-refractivity contribution in [3.05, 3.63) is 51.9 Å². The standard InChI is InChI=1S/C31H38N2O4S/c1-20-9-14-25(21(2)18-20)29(34)33(22-10-12-23(13-11-22)37-27-8-6-7-17-32-27)26-19-24(15-16-31(3,4)5)38-28(26)30(35)36/h6-9,17,19,21-23,25H,10-14,18H2,1-5H3,(H,35,36)/t21-,22?,23?,25-/m0/s1. The SMILES string of the molecule is CC1=CC[C@H](C(=O)N(c2cc(C#CC(C)(C)C)sc2C(=O)O)C2CCC(Oc3ccccn3)CC2)[C@@H](C)C1. The average Bonchev–Trinajstić information content (AvgIpc) is 3.28. The number of rotatable bonds is 6. The number of thiophene rings is 1. The molecule has 2 aliphatic carbocycles. The second-order valence-electron chi connectivity index (χ2n) is 11.6. The van der Waals surface area contributed by atoms with E-state index < -0.39 is 5.97 Å². The zero-order valence-electron chi connectivity index (χ0n) is 23.0. The fourth-order valence-electron chi connectivity index (χ4n) is 5.35. The van der Waals surface area contributed by atoms with Gasteiger partial charge in [-0.15, -0.1) is 11.3 Å². The van der Waals surface area contributed by atoms with Crippen LogP contribution in [-0.2, 0) is 4.79 Å². The average molecular weight is 535 g/mol. The highest BCUT2D eigenvalue weighted by Crippen LogP contribution is 2.39. The van der Waals surface area contributed by atoms with E-state index in [4.69, 9.17) is 4.74 Å². The highest BCUT2D eigenvalue weighted by molar-refractivity contribution is 7.15. The summed E-state index contributed by atoms with van der Waals surface area (Å²) in [6.07, 6.45) is 8.47. The van der Waals surface area contributed by atoms with E-state index in [2.05, 4.69) is 36.7 Å². The van der Waals surface area contributed by atoms with Crippen LogP contribution in [0.5, 0.6) is 5.88 Å². The number of carbonyl (C=O) groups excluding carboxylic acids is 1. The summed E-state index contributed by atoms with van der Waals surface area (Å²) >= 11 is 1.16. The largest absolute Gasteiger partial charge is 0.477 e. The van der Waals surface area contributed by atoms with Gasteiger partial charge in [0, 0.05) is 29.6 Å². The van der Waals surface area contributed by atoms with Gasteiger partial charge in [-0.05, 0) is 84.3 Å². The van der Waals surface area contributed by atoms with Crippen molar-refractivity contribution in [2.75, 3.05) is 4.90 Å². The molecule has 2 atom stereocenters. The molecular formula is C31H38N2O4S. The summed E-state index contributed by atoms with van der Waals surface area (Å²) in [5.74, 6) is 5.99. The maximum atomic E-state index is 14.2. The van der Waals surface area contributed by atoms with Crippen molar-refractivity contribution in [1.82, 2.24) is 4.98 Å². The number of aromatic nitrogens is 1. The van der Waals surface area contributed by atoms with E-state index in [0.29, 0.717) is 22.9 Å². The van der Waals surface area contributed by atoms with E-state index in [1.165, 1.54) is 5.57 Å². The molecule has 0 unspecified atom stereocenters. The van der Waals surface area contributed by atoms with Crippen LogP contribution in [0, 0.1) is 29.1 Å². The number of carbonyl (C=O) groups is 2. The number of anilines is 1. The Balaban J connectivity index is 1.65. The second kappa shape index (κ2) is 11.7. The lowest BCUT2D eigenvalue weighted by Gasteiger charge is -2.40. The van der Waals surface area contributed by atoms with Gasteiger partial charge in [-0.25, -0.2) is 9.78 Å². The quantitative estimate of drug-likeness (QED) is 0.320. The van der Waals surface area contributed by atoms with Crippen molar-refractivity contribution in [3.8, 4) is 17.7 Å². The molecule has 1 N–H and O–H groups in total. The smallest absolute Gasteiger partial charge is 0.348 e. The molecular weight excluding hydrogens is 496 g/mol. The van der Waals surface area contributed by atoms with E-state index in [0.717, 1.165) is 43.4 Å². The van der Waals surface area contributed by atoms with Crippen molar-refractivity contribution in [2.24, 2.45) is 17.3 Å². The topological polar surface area (TPSA) is 79.7 Å². The maximum Gasteiger partial charge on any atom is 0.348 e. The number of hydrogen-bond donors (Lipinski definition) is 1. The Hall–Kier alpha value is -3.11. The van der Waals surface area contributed by atoms with Gasteiger partial charge in [0.05, 0.1) is 10.6 Å². The number of ether oxygens (including phenoxy) is 1. The molecule has 2 heterocycles. The van der Waals surface area contributed by atoms with Gasteiger partial charge in [0.2, 0.25) is 11.8 Å². The highest BCUT2D eigenvalue weighted by Gasteiger charge is 2.39. The van der Waals surface area contributed by atoms with E-state index in [1.807, 2.05) is 49.9 Å². The van der Waals surface area contributed by atoms with E-state index in [9.17, 15) is 14.7 Å². The van der Waals surface area contributed by atoms with Crippen LogP contribution in [-0.4, -0.2) is 34.1 Å².